The lowest BCUT2D eigenvalue weighted by Gasteiger charge is -2.13. The summed E-state index contributed by atoms with van der Waals surface area (Å²) >= 11 is 0. The predicted octanol–water partition coefficient (Wildman–Crippen LogP) is 2.55. The molecule has 0 fully saturated rings. The minimum absolute atomic E-state index is 0.0201. The van der Waals surface area contributed by atoms with E-state index in [0.717, 1.165) is 4.68 Å². The molecule has 0 unspecified atom stereocenters. The largest absolute Gasteiger partial charge is 0.488 e. The maximum absolute atomic E-state index is 12.5. The first kappa shape index (κ1) is 19.8. The Morgan fingerprint density at radius 2 is 1.84 bits per heavy atom. The smallest absolute Gasteiger partial charge is 0.432 e. The summed E-state index contributed by atoms with van der Waals surface area (Å²) in [4.78, 5) is 47.6. The summed E-state index contributed by atoms with van der Waals surface area (Å²) < 4.78 is 5.93. The lowest BCUT2D eigenvalue weighted by molar-refractivity contribution is 0.102. The first-order valence-electron chi connectivity index (χ1n) is 9.26. The zero-order chi connectivity index (χ0) is 22.1. The highest BCUT2D eigenvalue weighted by atomic mass is 16.5. The first-order valence-corrected chi connectivity index (χ1v) is 9.26. The fourth-order valence-corrected chi connectivity index (χ4v) is 3.11. The summed E-state index contributed by atoms with van der Waals surface area (Å²) in [6.45, 7) is 1.91. The van der Waals surface area contributed by atoms with Crippen molar-refractivity contribution < 1.29 is 19.4 Å². The summed E-state index contributed by atoms with van der Waals surface area (Å²) in [5.74, 6) is -0.478. The molecule has 4 rings (SSSR count). The van der Waals surface area contributed by atoms with Crippen molar-refractivity contribution in [2.75, 3.05) is 17.2 Å². The summed E-state index contributed by atoms with van der Waals surface area (Å²) in [5, 5.41) is 19.2. The van der Waals surface area contributed by atoms with Gasteiger partial charge in [0, 0.05) is 16.6 Å². The number of ether oxygens (including phenoxy) is 1. The van der Waals surface area contributed by atoms with Gasteiger partial charge >= 0.3 is 6.09 Å². The summed E-state index contributed by atoms with van der Waals surface area (Å²) in [5.41, 5.74) is -0.397. The molecule has 1 aromatic heterocycles. The first-order chi connectivity index (χ1) is 14.9. The van der Waals surface area contributed by atoms with Gasteiger partial charge in [-0.3, -0.25) is 14.4 Å². The van der Waals surface area contributed by atoms with E-state index in [1.54, 1.807) is 37.3 Å². The Morgan fingerprint density at radius 1 is 1.10 bits per heavy atom. The Bertz CT molecular complexity index is 1380. The predicted molar refractivity (Wildman–Crippen MR) is 113 cm³/mol. The van der Waals surface area contributed by atoms with Crippen LogP contribution in [0.2, 0.25) is 0 Å². The molecule has 0 bridgehead atoms. The maximum Gasteiger partial charge on any atom is 0.432 e. The third-order valence-corrected chi connectivity index (χ3v) is 4.55. The van der Waals surface area contributed by atoms with Crippen LogP contribution in [0.25, 0.3) is 10.9 Å². The minimum atomic E-state index is -1.33. The fraction of sp³-hybridized carbons (Fsp3) is 0.0952. The molecule has 3 N–H and O–H groups in total. The molecule has 0 radical (unpaired) electrons. The minimum Gasteiger partial charge on any atom is -0.488 e. The fourth-order valence-electron chi connectivity index (χ4n) is 3.11. The zero-order valence-electron chi connectivity index (χ0n) is 16.2. The second-order valence-corrected chi connectivity index (χ2v) is 6.52. The van der Waals surface area contributed by atoms with Crippen LogP contribution in [0.5, 0.6) is 5.75 Å². The topological polar surface area (TPSA) is 140 Å². The zero-order valence-corrected chi connectivity index (χ0v) is 16.2. The highest BCUT2D eigenvalue weighted by Gasteiger charge is 2.23. The van der Waals surface area contributed by atoms with E-state index in [-0.39, 0.29) is 29.4 Å². The van der Waals surface area contributed by atoms with E-state index in [1.165, 1.54) is 18.2 Å². The van der Waals surface area contributed by atoms with Crippen molar-refractivity contribution in [3.63, 3.8) is 0 Å². The number of nitrogens with zero attached hydrogens (tertiary/aromatic N) is 2. The molecule has 10 nitrogen and oxygen atoms in total. The Morgan fingerprint density at radius 3 is 2.52 bits per heavy atom. The molecule has 0 aliphatic heterocycles. The van der Waals surface area contributed by atoms with Crippen molar-refractivity contribution >= 4 is 40.1 Å². The van der Waals surface area contributed by atoms with Crippen molar-refractivity contribution in [3.05, 3.63) is 74.5 Å². The van der Waals surface area contributed by atoms with Gasteiger partial charge in [-0.05, 0) is 37.3 Å². The van der Waals surface area contributed by atoms with E-state index in [4.69, 9.17) is 4.74 Å². The summed E-state index contributed by atoms with van der Waals surface area (Å²) in [6, 6.07) is 12.9. The number of anilines is 3. The van der Waals surface area contributed by atoms with Crippen LogP contribution in [0, 0.1) is 0 Å². The average Bonchev–Trinajstić information content (AvgIpc) is 3.14. The van der Waals surface area contributed by atoms with E-state index in [2.05, 4.69) is 15.7 Å². The molecule has 0 spiro atoms. The van der Waals surface area contributed by atoms with Crippen molar-refractivity contribution in [1.29, 1.82) is 0 Å². The SMILES string of the molecule is CCOc1c(Nc2ccc3c(c2)c(NC(=O)c2ccccc2)nn3C(=O)O)c(=O)c1=O. The number of aromatic nitrogens is 2. The Balaban J connectivity index is 1.73. The van der Waals surface area contributed by atoms with Crippen LogP contribution >= 0.6 is 0 Å². The van der Waals surface area contributed by atoms with Crippen molar-refractivity contribution in [3.8, 4) is 5.75 Å². The number of amides is 1. The molecule has 10 heteroatoms. The molecule has 3 aromatic carbocycles. The number of carboxylic acid groups (broad SMARTS) is 1. The molecule has 31 heavy (non-hydrogen) atoms. The lowest BCUT2D eigenvalue weighted by atomic mass is 10.1. The third kappa shape index (κ3) is 3.50. The van der Waals surface area contributed by atoms with E-state index in [9.17, 15) is 24.3 Å². The standard InChI is InChI=1S/C21H16N4O6/c1-2-31-18-15(16(26)17(18)27)22-12-8-9-14-13(10-12)19(24-25(14)21(29)30)23-20(28)11-6-4-3-5-7-11/h3-10,22H,2H2,1H3,(H,29,30)(H,23,24,28). The third-order valence-electron chi connectivity index (χ3n) is 4.55. The monoisotopic (exact) mass is 420 g/mol. The number of nitrogens with one attached hydrogen (secondary N) is 2. The van der Waals surface area contributed by atoms with Crippen molar-refractivity contribution in [1.82, 2.24) is 9.78 Å². The number of carbonyl (C=O) groups is 2. The molecule has 1 amide bonds. The van der Waals surface area contributed by atoms with E-state index in [1.807, 2.05) is 0 Å². The van der Waals surface area contributed by atoms with Gasteiger partial charge in [0.1, 0.15) is 5.69 Å². The van der Waals surface area contributed by atoms with Gasteiger partial charge < -0.3 is 20.5 Å². The molecule has 0 saturated heterocycles. The number of rotatable bonds is 6. The molecule has 0 aliphatic rings. The Kier molecular flexibility index (Phi) is 4.96. The van der Waals surface area contributed by atoms with Crippen LogP contribution in [0.3, 0.4) is 0 Å². The number of hydrogen-bond donors (Lipinski definition) is 3. The highest BCUT2D eigenvalue weighted by Crippen LogP contribution is 2.29. The molecular weight excluding hydrogens is 404 g/mol. The number of hydrogen-bond acceptors (Lipinski definition) is 7. The van der Waals surface area contributed by atoms with Crippen molar-refractivity contribution in [2.24, 2.45) is 0 Å². The van der Waals surface area contributed by atoms with Crippen LogP contribution in [-0.2, 0) is 0 Å². The molecule has 0 atom stereocenters. The lowest BCUT2D eigenvalue weighted by Crippen LogP contribution is -2.35. The average molecular weight is 420 g/mol. The second-order valence-electron chi connectivity index (χ2n) is 6.52. The molecule has 0 saturated carbocycles. The van der Waals surface area contributed by atoms with E-state index < -0.39 is 22.9 Å². The van der Waals surface area contributed by atoms with Gasteiger partial charge in [-0.25, -0.2) is 4.79 Å². The molecule has 0 aliphatic carbocycles. The summed E-state index contributed by atoms with van der Waals surface area (Å²) in [6.07, 6.45) is -1.33. The van der Waals surface area contributed by atoms with Crippen molar-refractivity contribution in [2.45, 2.75) is 6.92 Å². The van der Waals surface area contributed by atoms with Gasteiger partial charge in [0.05, 0.1) is 12.1 Å². The van der Waals surface area contributed by atoms with Crippen LogP contribution in [-0.4, -0.2) is 33.5 Å². The van der Waals surface area contributed by atoms with Gasteiger partial charge in [0.2, 0.25) is 0 Å². The van der Waals surface area contributed by atoms with E-state index >= 15 is 0 Å². The molecule has 4 aromatic rings. The normalized spacial score (nSPS) is 10.9. The van der Waals surface area contributed by atoms with Gasteiger partial charge in [0.15, 0.2) is 11.6 Å². The maximum atomic E-state index is 12.5. The number of carbonyl (C=O) groups excluding carboxylic acids is 1. The molecule has 1 heterocycles. The number of benzene rings is 2. The number of fused-ring (bicyclic) bond motifs is 1. The van der Waals surface area contributed by atoms with Gasteiger partial charge in [-0.1, -0.05) is 18.2 Å². The summed E-state index contributed by atoms with van der Waals surface area (Å²) in [7, 11) is 0. The van der Waals surface area contributed by atoms with Crippen LogP contribution < -0.4 is 26.2 Å². The quantitative estimate of drug-likeness (QED) is 0.404. The van der Waals surface area contributed by atoms with E-state index in [0.29, 0.717) is 16.6 Å². The van der Waals surface area contributed by atoms with Crippen LogP contribution in [0.4, 0.5) is 22.0 Å². The van der Waals surface area contributed by atoms with Crippen LogP contribution in [0.1, 0.15) is 17.3 Å². The molecule has 156 valence electrons. The van der Waals surface area contributed by atoms with Gasteiger partial charge in [-0.15, -0.1) is 5.10 Å². The second kappa shape index (κ2) is 7.75. The van der Waals surface area contributed by atoms with Gasteiger partial charge in [0.25, 0.3) is 16.8 Å². The Labute approximate surface area is 174 Å². The molecular formula is C21H16N4O6. The van der Waals surface area contributed by atoms with Gasteiger partial charge in [-0.2, -0.15) is 4.68 Å². The van der Waals surface area contributed by atoms with Crippen LogP contribution in [0.15, 0.2) is 58.1 Å². The Hall–Kier alpha value is -4.47. The highest BCUT2D eigenvalue weighted by molar-refractivity contribution is 6.09.